The van der Waals surface area contributed by atoms with Crippen LogP contribution in [-0.4, -0.2) is 38.1 Å². The van der Waals surface area contributed by atoms with E-state index in [1.807, 2.05) is 6.92 Å². The zero-order valence-corrected chi connectivity index (χ0v) is 23.8. The van der Waals surface area contributed by atoms with E-state index in [1.165, 1.54) is 116 Å². The van der Waals surface area contributed by atoms with E-state index in [4.69, 9.17) is 4.74 Å². The van der Waals surface area contributed by atoms with E-state index < -0.39 is 0 Å². The number of ether oxygens (including phenoxy) is 1. The van der Waals surface area contributed by atoms with Gasteiger partial charge in [-0.3, -0.25) is 4.79 Å². The van der Waals surface area contributed by atoms with Gasteiger partial charge in [-0.25, -0.2) is 0 Å². The molecule has 0 amide bonds. The van der Waals surface area contributed by atoms with Crippen molar-refractivity contribution in [2.75, 3.05) is 27.2 Å². The fraction of sp³-hybridized carbons (Fsp3) is 0.903. The minimum absolute atomic E-state index is 0.0464. The van der Waals surface area contributed by atoms with Crippen molar-refractivity contribution in [2.45, 2.75) is 149 Å². The molecule has 0 spiro atoms. The number of carbonyl (C=O) groups excluding carboxylic acids is 1. The highest BCUT2D eigenvalue weighted by molar-refractivity contribution is 5.69. The van der Waals surface area contributed by atoms with Crippen molar-refractivity contribution in [3.05, 3.63) is 12.2 Å². The van der Waals surface area contributed by atoms with Gasteiger partial charge >= 0.3 is 5.97 Å². The molecule has 3 nitrogen and oxygen atoms in total. The van der Waals surface area contributed by atoms with Gasteiger partial charge in [0.15, 0.2) is 0 Å². The molecule has 3 heteroatoms. The van der Waals surface area contributed by atoms with Gasteiger partial charge in [0.25, 0.3) is 0 Å². The average Bonchev–Trinajstić information content (AvgIpc) is 2.80. The van der Waals surface area contributed by atoms with Crippen LogP contribution in [0.3, 0.4) is 0 Å². The van der Waals surface area contributed by atoms with E-state index in [-0.39, 0.29) is 5.97 Å². The maximum absolute atomic E-state index is 11.3. The van der Waals surface area contributed by atoms with Crippen LogP contribution in [0.1, 0.15) is 149 Å². The van der Waals surface area contributed by atoms with E-state index >= 15 is 0 Å². The molecule has 0 rings (SSSR count). The predicted octanol–water partition coefficient (Wildman–Crippen LogP) is 9.50. The number of hydrogen-bond donors (Lipinski definition) is 0. The van der Waals surface area contributed by atoms with Crippen molar-refractivity contribution < 1.29 is 9.53 Å². The highest BCUT2D eigenvalue weighted by Gasteiger charge is 2.09. The molecule has 0 saturated heterocycles. The third kappa shape index (κ3) is 25.8. The zero-order chi connectivity index (χ0) is 25.1. The topological polar surface area (TPSA) is 29.5 Å². The third-order valence-corrected chi connectivity index (χ3v) is 6.80. The summed E-state index contributed by atoms with van der Waals surface area (Å²) < 4.78 is 4.96. The molecule has 0 aliphatic heterocycles. The highest BCUT2D eigenvalue weighted by atomic mass is 16.5. The van der Waals surface area contributed by atoms with Crippen LogP contribution < -0.4 is 0 Å². The molecule has 1 atom stereocenters. The Morgan fingerprint density at radius 1 is 0.676 bits per heavy atom. The van der Waals surface area contributed by atoms with Crippen molar-refractivity contribution in [1.29, 1.82) is 0 Å². The summed E-state index contributed by atoms with van der Waals surface area (Å²) >= 11 is 0. The van der Waals surface area contributed by atoms with Gasteiger partial charge in [-0.15, -0.1) is 0 Å². The highest BCUT2D eigenvalue weighted by Crippen LogP contribution is 2.20. The van der Waals surface area contributed by atoms with Crippen LogP contribution in [0.25, 0.3) is 0 Å². The monoisotopic (exact) mass is 479 g/mol. The van der Waals surface area contributed by atoms with Gasteiger partial charge in [-0.1, -0.05) is 103 Å². The smallest absolute Gasteiger partial charge is 0.305 e. The lowest BCUT2D eigenvalue weighted by atomic mass is 9.93. The standard InChI is InChI=1S/C31H61NO2/c1-5-7-8-9-17-20-23-26-30(29-32(3)4)27-24-21-18-15-13-11-10-12-14-16-19-22-25-28-31(33)34-6-2/h12,14,30H,5-11,13,15-29H2,1-4H3/b14-12-. The largest absolute Gasteiger partial charge is 0.466 e. The summed E-state index contributed by atoms with van der Waals surface area (Å²) in [5.74, 6) is 0.857. The molecule has 0 radical (unpaired) electrons. The predicted molar refractivity (Wildman–Crippen MR) is 150 cm³/mol. The maximum atomic E-state index is 11.3. The first kappa shape index (κ1) is 33.2. The van der Waals surface area contributed by atoms with Gasteiger partial charge < -0.3 is 9.64 Å². The fourth-order valence-electron chi connectivity index (χ4n) is 4.81. The summed E-state index contributed by atoms with van der Waals surface area (Å²) in [6.07, 6.45) is 32.1. The molecule has 0 saturated carbocycles. The van der Waals surface area contributed by atoms with E-state index in [2.05, 4.69) is 38.1 Å². The first-order valence-corrected chi connectivity index (χ1v) is 15.0. The zero-order valence-electron chi connectivity index (χ0n) is 23.8. The summed E-state index contributed by atoms with van der Waals surface area (Å²) in [7, 11) is 4.47. The van der Waals surface area contributed by atoms with Crippen LogP contribution in [0.4, 0.5) is 0 Å². The van der Waals surface area contributed by atoms with Gasteiger partial charge in [0.1, 0.15) is 0 Å². The summed E-state index contributed by atoms with van der Waals surface area (Å²) in [6.45, 7) is 5.93. The molecule has 0 N–H and O–H groups in total. The first-order chi connectivity index (χ1) is 16.6. The summed E-state index contributed by atoms with van der Waals surface area (Å²) in [5.41, 5.74) is 0. The second-order valence-corrected chi connectivity index (χ2v) is 10.6. The lowest BCUT2D eigenvalue weighted by Gasteiger charge is -2.21. The van der Waals surface area contributed by atoms with E-state index in [9.17, 15) is 4.79 Å². The van der Waals surface area contributed by atoms with Crippen molar-refractivity contribution in [3.63, 3.8) is 0 Å². The number of unbranched alkanes of at least 4 members (excludes halogenated alkanes) is 15. The van der Waals surface area contributed by atoms with Crippen molar-refractivity contribution in [3.8, 4) is 0 Å². The summed E-state index contributed by atoms with van der Waals surface area (Å²) in [4.78, 5) is 13.7. The molecule has 0 aromatic rings. The third-order valence-electron chi connectivity index (χ3n) is 6.80. The minimum Gasteiger partial charge on any atom is -0.466 e. The van der Waals surface area contributed by atoms with Crippen LogP contribution in [0.2, 0.25) is 0 Å². The lowest BCUT2D eigenvalue weighted by molar-refractivity contribution is -0.143. The minimum atomic E-state index is -0.0464. The summed E-state index contributed by atoms with van der Waals surface area (Å²) in [6, 6.07) is 0. The second kappa shape index (κ2) is 26.8. The molecule has 0 bridgehead atoms. The Morgan fingerprint density at radius 2 is 1.15 bits per heavy atom. The molecule has 0 aromatic heterocycles. The normalized spacial score (nSPS) is 12.6. The number of rotatable bonds is 26. The van der Waals surface area contributed by atoms with E-state index in [1.54, 1.807) is 0 Å². The van der Waals surface area contributed by atoms with Crippen LogP contribution in [-0.2, 0) is 9.53 Å². The Labute approximate surface area is 214 Å². The molecule has 1 unspecified atom stereocenters. The van der Waals surface area contributed by atoms with Gasteiger partial charge in [-0.05, 0) is 71.9 Å². The molecule has 202 valence electrons. The first-order valence-electron chi connectivity index (χ1n) is 15.0. The van der Waals surface area contributed by atoms with E-state index in [0.29, 0.717) is 13.0 Å². The van der Waals surface area contributed by atoms with Crippen LogP contribution >= 0.6 is 0 Å². The molecular formula is C31H61NO2. The molecule has 0 aliphatic carbocycles. The maximum Gasteiger partial charge on any atom is 0.305 e. The average molecular weight is 480 g/mol. The number of nitrogens with zero attached hydrogens (tertiary/aromatic N) is 1. The van der Waals surface area contributed by atoms with E-state index in [0.717, 1.165) is 25.2 Å². The SMILES string of the molecule is CCCCCCCCCC(CCCCCCCC/C=C\CCCCCC(=O)OCC)CN(C)C. The molecule has 34 heavy (non-hydrogen) atoms. The van der Waals surface area contributed by atoms with Gasteiger partial charge in [-0.2, -0.15) is 0 Å². The Kier molecular flexibility index (Phi) is 26.1. The number of carbonyl (C=O) groups is 1. The van der Waals surface area contributed by atoms with Crippen molar-refractivity contribution in [2.24, 2.45) is 5.92 Å². The molecule has 0 heterocycles. The Hall–Kier alpha value is -0.830. The Balaban J connectivity index is 3.54. The Bertz CT molecular complexity index is 447. The number of hydrogen-bond acceptors (Lipinski definition) is 3. The van der Waals surface area contributed by atoms with Crippen LogP contribution in [0.15, 0.2) is 12.2 Å². The molecule has 0 aromatic carbocycles. The quantitative estimate of drug-likeness (QED) is 0.0702. The number of allylic oxidation sites excluding steroid dienone is 2. The fourth-order valence-corrected chi connectivity index (χ4v) is 4.81. The second-order valence-electron chi connectivity index (χ2n) is 10.6. The lowest BCUT2D eigenvalue weighted by Crippen LogP contribution is -2.21. The van der Waals surface area contributed by atoms with Crippen LogP contribution in [0.5, 0.6) is 0 Å². The van der Waals surface area contributed by atoms with Gasteiger partial charge in [0.05, 0.1) is 6.61 Å². The number of esters is 1. The summed E-state index contributed by atoms with van der Waals surface area (Å²) in [5, 5.41) is 0. The van der Waals surface area contributed by atoms with Crippen LogP contribution in [0, 0.1) is 5.92 Å². The molecule has 0 fully saturated rings. The van der Waals surface area contributed by atoms with Crippen molar-refractivity contribution >= 4 is 5.97 Å². The van der Waals surface area contributed by atoms with Gasteiger partial charge in [0.2, 0.25) is 0 Å². The molecular weight excluding hydrogens is 418 g/mol. The van der Waals surface area contributed by atoms with Crippen molar-refractivity contribution in [1.82, 2.24) is 4.90 Å². The molecule has 0 aliphatic rings. The Morgan fingerprint density at radius 3 is 1.65 bits per heavy atom. The van der Waals surface area contributed by atoms with Gasteiger partial charge in [0, 0.05) is 13.0 Å².